The minimum atomic E-state index is 0.504. The van der Waals surface area contributed by atoms with E-state index < -0.39 is 0 Å². The highest BCUT2D eigenvalue weighted by atomic mass is 14.3. The van der Waals surface area contributed by atoms with Gasteiger partial charge in [0, 0.05) is 5.92 Å². The second kappa shape index (κ2) is 5.08. The zero-order valence-electron chi connectivity index (χ0n) is 14.3. The maximum atomic E-state index is 2.47. The average Bonchev–Trinajstić information content (AvgIpc) is 3.18. The van der Waals surface area contributed by atoms with Gasteiger partial charge in [0.05, 0.1) is 0 Å². The van der Waals surface area contributed by atoms with Crippen LogP contribution in [0.15, 0.2) is 60.2 Å². The quantitative estimate of drug-likeness (QED) is 0.534. The van der Waals surface area contributed by atoms with E-state index in [0.29, 0.717) is 11.8 Å². The molecule has 0 heterocycles. The molecule has 5 rings (SSSR count). The number of benzene rings is 3. The molecule has 3 aromatic carbocycles. The SMILES string of the molecule is CC(C)C1=Cc2c(cccc2C2Cc3cccc4cccc2c34)C1. The molecule has 1 unspecified atom stereocenters. The largest absolute Gasteiger partial charge is 0.0626 e. The molecule has 24 heavy (non-hydrogen) atoms. The molecule has 1 atom stereocenters. The predicted octanol–water partition coefficient (Wildman–Crippen LogP) is 6.12. The molecule has 0 aliphatic heterocycles. The van der Waals surface area contributed by atoms with Crippen molar-refractivity contribution in [1.82, 2.24) is 0 Å². The van der Waals surface area contributed by atoms with Crippen molar-refractivity contribution in [2.75, 3.05) is 0 Å². The molecule has 118 valence electrons. The highest BCUT2D eigenvalue weighted by Gasteiger charge is 2.29. The summed E-state index contributed by atoms with van der Waals surface area (Å²) in [6, 6.07) is 20.5. The van der Waals surface area contributed by atoms with Crippen LogP contribution >= 0.6 is 0 Å². The van der Waals surface area contributed by atoms with E-state index in [2.05, 4.69) is 74.5 Å². The Labute approximate surface area is 143 Å². The summed E-state index contributed by atoms with van der Waals surface area (Å²) >= 11 is 0. The lowest BCUT2D eigenvalue weighted by molar-refractivity contribution is 0.754. The van der Waals surface area contributed by atoms with Crippen LogP contribution in [0, 0.1) is 5.92 Å². The van der Waals surface area contributed by atoms with Gasteiger partial charge in [-0.15, -0.1) is 0 Å². The van der Waals surface area contributed by atoms with E-state index in [1.165, 1.54) is 38.6 Å². The van der Waals surface area contributed by atoms with E-state index in [4.69, 9.17) is 0 Å². The van der Waals surface area contributed by atoms with Crippen molar-refractivity contribution in [3.63, 3.8) is 0 Å². The maximum Gasteiger partial charge on any atom is 0.0142 e. The van der Waals surface area contributed by atoms with Gasteiger partial charge in [-0.2, -0.15) is 0 Å². The van der Waals surface area contributed by atoms with Gasteiger partial charge in [-0.3, -0.25) is 0 Å². The van der Waals surface area contributed by atoms with E-state index in [9.17, 15) is 0 Å². The first-order valence-electron chi connectivity index (χ1n) is 9.05. The third kappa shape index (κ3) is 1.92. The maximum absolute atomic E-state index is 2.47. The van der Waals surface area contributed by atoms with Crippen LogP contribution in [0.1, 0.15) is 47.6 Å². The first-order chi connectivity index (χ1) is 11.7. The number of fused-ring (bicyclic) bond motifs is 1. The van der Waals surface area contributed by atoms with E-state index in [1.807, 2.05) is 0 Å². The molecular formula is C24H22. The molecule has 3 aromatic rings. The van der Waals surface area contributed by atoms with E-state index in [0.717, 1.165) is 12.8 Å². The highest BCUT2D eigenvalue weighted by molar-refractivity contribution is 5.92. The van der Waals surface area contributed by atoms with Gasteiger partial charge in [0.1, 0.15) is 0 Å². The zero-order chi connectivity index (χ0) is 16.3. The molecular weight excluding hydrogens is 288 g/mol. The van der Waals surface area contributed by atoms with Crippen LogP contribution in [-0.2, 0) is 12.8 Å². The fourth-order valence-electron chi connectivity index (χ4n) is 4.61. The lowest BCUT2D eigenvalue weighted by Gasteiger charge is -2.16. The van der Waals surface area contributed by atoms with Crippen LogP contribution in [0.25, 0.3) is 16.8 Å². The normalized spacial score (nSPS) is 18.3. The van der Waals surface area contributed by atoms with Crippen LogP contribution in [0.3, 0.4) is 0 Å². The van der Waals surface area contributed by atoms with Crippen LogP contribution in [0.2, 0.25) is 0 Å². The minimum absolute atomic E-state index is 0.504. The van der Waals surface area contributed by atoms with E-state index in [1.54, 1.807) is 5.57 Å². The van der Waals surface area contributed by atoms with Crippen molar-refractivity contribution in [1.29, 1.82) is 0 Å². The summed E-state index contributed by atoms with van der Waals surface area (Å²) in [4.78, 5) is 0. The molecule has 0 radical (unpaired) electrons. The fraction of sp³-hybridized carbons (Fsp3) is 0.250. The molecule has 2 aliphatic rings. The van der Waals surface area contributed by atoms with Crippen molar-refractivity contribution in [3.8, 4) is 0 Å². The van der Waals surface area contributed by atoms with Crippen LogP contribution < -0.4 is 0 Å². The van der Waals surface area contributed by atoms with Gasteiger partial charge in [0.2, 0.25) is 0 Å². The van der Waals surface area contributed by atoms with Crippen molar-refractivity contribution >= 4 is 16.8 Å². The Hall–Kier alpha value is -2.34. The van der Waals surface area contributed by atoms with Gasteiger partial charge in [0.25, 0.3) is 0 Å². The Morgan fingerprint density at radius 1 is 0.833 bits per heavy atom. The fourth-order valence-corrected chi connectivity index (χ4v) is 4.61. The number of hydrogen-bond donors (Lipinski definition) is 0. The summed E-state index contributed by atoms with van der Waals surface area (Å²) in [5.41, 5.74) is 9.13. The Kier molecular flexibility index (Phi) is 2.97. The summed E-state index contributed by atoms with van der Waals surface area (Å²) in [5.74, 6) is 1.14. The molecule has 0 saturated heterocycles. The number of allylic oxidation sites excluding steroid dienone is 1. The summed E-state index contributed by atoms with van der Waals surface area (Å²) in [6.45, 7) is 4.62. The molecule has 0 saturated carbocycles. The minimum Gasteiger partial charge on any atom is -0.0626 e. The summed E-state index contributed by atoms with van der Waals surface area (Å²) in [5, 5.41) is 2.88. The summed E-state index contributed by atoms with van der Waals surface area (Å²) in [6.07, 6.45) is 4.74. The first kappa shape index (κ1) is 14.0. The molecule has 0 amide bonds. The lowest BCUT2D eigenvalue weighted by atomic mass is 9.87. The van der Waals surface area contributed by atoms with Gasteiger partial charge >= 0.3 is 0 Å². The topological polar surface area (TPSA) is 0 Å². The predicted molar refractivity (Wildman–Crippen MR) is 102 cm³/mol. The smallest absolute Gasteiger partial charge is 0.0142 e. The second-order valence-corrected chi connectivity index (χ2v) is 7.59. The second-order valence-electron chi connectivity index (χ2n) is 7.59. The van der Waals surface area contributed by atoms with Gasteiger partial charge in [-0.05, 0) is 57.3 Å². The average molecular weight is 310 g/mol. The number of rotatable bonds is 2. The van der Waals surface area contributed by atoms with Gasteiger partial charge in [0.15, 0.2) is 0 Å². The molecule has 0 spiro atoms. The Bertz CT molecular complexity index is 983. The van der Waals surface area contributed by atoms with Gasteiger partial charge in [-0.1, -0.05) is 80.1 Å². The van der Waals surface area contributed by atoms with E-state index in [-0.39, 0.29) is 0 Å². The molecule has 2 aliphatic carbocycles. The van der Waals surface area contributed by atoms with Crippen LogP contribution in [0.4, 0.5) is 0 Å². The standard InChI is InChI=1S/C24H22/c1-15(2)19-12-17-8-5-10-20(22(17)14-19)23-13-18-9-3-6-16-7-4-11-21(23)24(16)18/h3-11,14-15,23H,12-13H2,1-2H3. The number of hydrogen-bond acceptors (Lipinski definition) is 0. The zero-order valence-corrected chi connectivity index (χ0v) is 14.3. The van der Waals surface area contributed by atoms with Crippen molar-refractivity contribution in [2.45, 2.75) is 32.6 Å². The molecule has 0 aromatic heterocycles. The van der Waals surface area contributed by atoms with Crippen LogP contribution in [0.5, 0.6) is 0 Å². The van der Waals surface area contributed by atoms with Crippen molar-refractivity contribution in [3.05, 3.63) is 88.0 Å². The lowest BCUT2D eigenvalue weighted by Crippen LogP contribution is -2.02. The Morgan fingerprint density at radius 3 is 2.38 bits per heavy atom. The molecule has 0 bridgehead atoms. The van der Waals surface area contributed by atoms with E-state index >= 15 is 0 Å². The third-order valence-corrected chi connectivity index (χ3v) is 5.89. The molecule has 0 nitrogen and oxygen atoms in total. The van der Waals surface area contributed by atoms with Crippen LogP contribution in [-0.4, -0.2) is 0 Å². The van der Waals surface area contributed by atoms with Gasteiger partial charge in [-0.25, -0.2) is 0 Å². The Balaban J connectivity index is 1.69. The monoisotopic (exact) mass is 310 g/mol. The summed E-state index contributed by atoms with van der Waals surface area (Å²) < 4.78 is 0. The van der Waals surface area contributed by atoms with Gasteiger partial charge < -0.3 is 0 Å². The van der Waals surface area contributed by atoms with Crippen molar-refractivity contribution in [2.24, 2.45) is 5.92 Å². The molecule has 0 fully saturated rings. The molecule has 0 heteroatoms. The first-order valence-corrected chi connectivity index (χ1v) is 9.05. The Morgan fingerprint density at radius 2 is 1.54 bits per heavy atom. The summed E-state index contributed by atoms with van der Waals surface area (Å²) in [7, 11) is 0. The molecule has 0 N–H and O–H groups in total. The van der Waals surface area contributed by atoms with Crippen molar-refractivity contribution < 1.29 is 0 Å². The third-order valence-electron chi connectivity index (χ3n) is 5.89. The highest BCUT2D eigenvalue weighted by Crippen LogP contribution is 2.45.